The lowest BCUT2D eigenvalue weighted by atomic mass is 10.1. The Morgan fingerprint density at radius 1 is 1.12 bits per heavy atom. The molecule has 0 saturated carbocycles. The number of ether oxygens (including phenoxy) is 3. The number of aromatic carboxylic acids is 1. The second kappa shape index (κ2) is 9.88. The molecule has 1 fully saturated rings. The van der Waals surface area contributed by atoms with Gasteiger partial charge < -0.3 is 24.2 Å². The van der Waals surface area contributed by atoms with Crippen molar-refractivity contribution in [3.05, 3.63) is 42.0 Å². The van der Waals surface area contributed by atoms with E-state index in [4.69, 9.17) is 14.2 Å². The maximum Gasteiger partial charge on any atom is 0.337 e. The number of amides is 1. The van der Waals surface area contributed by atoms with Crippen molar-refractivity contribution in [3.8, 4) is 11.5 Å². The summed E-state index contributed by atoms with van der Waals surface area (Å²) in [5.74, 6) is -1.05. The van der Waals surface area contributed by atoms with E-state index < -0.39 is 16.0 Å². The lowest BCUT2D eigenvalue weighted by Crippen LogP contribution is -2.23. The Hall–Kier alpha value is -3.31. The van der Waals surface area contributed by atoms with Crippen molar-refractivity contribution in [2.24, 2.45) is 0 Å². The van der Waals surface area contributed by atoms with E-state index in [-0.39, 0.29) is 46.8 Å². The molecule has 172 valence electrons. The largest absolute Gasteiger partial charge is 0.493 e. The number of carboxylic acids is 1. The molecule has 2 aromatic carbocycles. The van der Waals surface area contributed by atoms with Crippen LogP contribution in [0.2, 0.25) is 0 Å². The van der Waals surface area contributed by atoms with Crippen molar-refractivity contribution in [2.75, 3.05) is 43.6 Å². The third kappa shape index (κ3) is 5.11. The van der Waals surface area contributed by atoms with E-state index >= 15 is 0 Å². The SMILES string of the molecule is COCCOc1cc(NS(=O)(=O)c2ccc(N3CCCC3=O)cc2)c(C(=O)O)cc1OC. The average Bonchev–Trinajstić information content (AvgIpc) is 3.19. The highest BCUT2D eigenvalue weighted by Crippen LogP contribution is 2.35. The van der Waals surface area contributed by atoms with E-state index in [0.29, 0.717) is 18.7 Å². The smallest absolute Gasteiger partial charge is 0.337 e. The number of rotatable bonds is 10. The number of nitrogens with one attached hydrogen (secondary N) is 1. The minimum Gasteiger partial charge on any atom is -0.493 e. The molecule has 1 saturated heterocycles. The minimum atomic E-state index is -4.12. The van der Waals surface area contributed by atoms with Crippen molar-refractivity contribution in [1.29, 1.82) is 0 Å². The van der Waals surface area contributed by atoms with Gasteiger partial charge in [0, 0.05) is 37.9 Å². The number of nitrogens with zero attached hydrogens (tertiary/aromatic N) is 1. The summed E-state index contributed by atoms with van der Waals surface area (Å²) < 4.78 is 43.8. The van der Waals surface area contributed by atoms with Gasteiger partial charge in [-0.3, -0.25) is 9.52 Å². The summed E-state index contributed by atoms with van der Waals surface area (Å²) in [5, 5.41) is 9.55. The number of methoxy groups -OCH3 is 2. The monoisotopic (exact) mass is 464 g/mol. The van der Waals surface area contributed by atoms with Crippen LogP contribution in [0.3, 0.4) is 0 Å². The zero-order valence-corrected chi connectivity index (χ0v) is 18.5. The molecule has 0 atom stereocenters. The van der Waals surface area contributed by atoms with Crippen LogP contribution in [0.4, 0.5) is 11.4 Å². The van der Waals surface area contributed by atoms with Crippen molar-refractivity contribution in [1.82, 2.24) is 0 Å². The lowest BCUT2D eigenvalue weighted by Gasteiger charge is -2.17. The molecule has 0 aromatic heterocycles. The molecule has 0 aliphatic carbocycles. The summed E-state index contributed by atoms with van der Waals surface area (Å²) in [4.78, 5) is 25.1. The van der Waals surface area contributed by atoms with Gasteiger partial charge in [-0.1, -0.05) is 0 Å². The molecule has 1 heterocycles. The van der Waals surface area contributed by atoms with Crippen molar-refractivity contribution in [3.63, 3.8) is 0 Å². The van der Waals surface area contributed by atoms with Gasteiger partial charge >= 0.3 is 5.97 Å². The van der Waals surface area contributed by atoms with E-state index in [1.165, 1.54) is 38.5 Å². The number of carbonyl (C=O) groups excluding carboxylic acids is 1. The molecule has 32 heavy (non-hydrogen) atoms. The van der Waals surface area contributed by atoms with Crippen LogP contribution in [0.15, 0.2) is 41.3 Å². The third-order valence-electron chi connectivity index (χ3n) is 4.86. The molecule has 0 radical (unpaired) electrons. The zero-order chi connectivity index (χ0) is 23.3. The Balaban J connectivity index is 1.90. The highest BCUT2D eigenvalue weighted by atomic mass is 32.2. The predicted octanol–water partition coefficient (Wildman–Crippen LogP) is 2.35. The van der Waals surface area contributed by atoms with Crippen LogP contribution in [0.25, 0.3) is 0 Å². The molecular weight excluding hydrogens is 440 g/mol. The third-order valence-corrected chi connectivity index (χ3v) is 6.24. The van der Waals surface area contributed by atoms with Crippen molar-refractivity contribution >= 4 is 33.3 Å². The Morgan fingerprint density at radius 3 is 2.41 bits per heavy atom. The summed E-state index contributed by atoms with van der Waals surface area (Å²) in [6.07, 6.45) is 1.22. The van der Waals surface area contributed by atoms with Gasteiger partial charge in [0.2, 0.25) is 5.91 Å². The lowest BCUT2D eigenvalue weighted by molar-refractivity contribution is -0.117. The molecule has 2 aromatic rings. The van der Waals surface area contributed by atoms with Gasteiger partial charge in [0.15, 0.2) is 11.5 Å². The van der Waals surface area contributed by atoms with Gasteiger partial charge in [-0.15, -0.1) is 0 Å². The second-order valence-corrected chi connectivity index (χ2v) is 8.63. The standard InChI is InChI=1S/C21H24N2O8S/c1-29-10-11-31-19-13-17(16(21(25)26)12-18(19)30-2)22-32(27,28)15-7-5-14(6-8-15)23-9-3-4-20(23)24/h5-8,12-13,22H,3-4,9-11H2,1-2H3,(H,25,26). The topological polar surface area (TPSA) is 131 Å². The van der Waals surface area contributed by atoms with Crippen molar-refractivity contribution < 1.29 is 37.3 Å². The van der Waals surface area contributed by atoms with E-state index in [0.717, 1.165) is 6.42 Å². The normalized spacial score (nSPS) is 13.8. The van der Waals surface area contributed by atoms with Crippen LogP contribution in [0.1, 0.15) is 23.2 Å². The van der Waals surface area contributed by atoms with E-state index in [2.05, 4.69) is 4.72 Å². The number of sulfonamides is 1. The van der Waals surface area contributed by atoms with Gasteiger partial charge in [-0.05, 0) is 30.7 Å². The molecular formula is C21H24N2O8S. The van der Waals surface area contributed by atoms with Crippen LogP contribution < -0.4 is 19.1 Å². The van der Waals surface area contributed by atoms with Gasteiger partial charge in [-0.2, -0.15) is 0 Å². The zero-order valence-electron chi connectivity index (χ0n) is 17.7. The molecule has 1 aliphatic rings. The van der Waals surface area contributed by atoms with Crippen LogP contribution >= 0.6 is 0 Å². The molecule has 0 spiro atoms. The Bertz CT molecular complexity index is 1100. The number of anilines is 2. The molecule has 1 amide bonds. The van der Waals surface area contributed by atoms with Crippen LogP contribution in [0, 0.1) is 0 Å². The number of carboxylic acid groups (broad SMARTS) is 1. The first-order valence-corrected chi connectivity index (χ1v) is 11.3. The second-order valence-electron chi connectivity index (χ2n) is 6.94. The molecule has 0 unspecified atom stereocenters. The molecule has 0 bridgehead atoms. The minimum absolute atomic E-state index is 0.0101. The highest BCUT2D eigenvalue weighted by molar-refractivity contribution is 7.92. The maximum atomic E-state index is 12.9. The highest BCUT2D eigenvalue weighted by Gasteiger charge is 2.24. The summed E-state index contributed by atoms with van der Waals surface area (Å²) in [6, 6.07) is 8.26. The Labute approximate surface area is 185 Å². The quantitative estimate of drug-likeness (QED) is 0.512. The first-order valence-electron chi connectivity index (χ1n) is 9.77. The summed E-state index contributed by atoms with van der Waals surface area (Å²) in [7, 11) is -1.28. The van der Waals surface area contributed by atoms with Crippen LogP contribution in [-0.4, -0.2) is 59.4 Å². The number of hydrogen-bond donors (Lipinski definition) is 2. The number of hydrogen-bond acceptors (Lipinski definition) is 7. The van der Waals surface area contributed by atoms with Crippen LogP contribution in [-0.2, 0) is 19.6 Å². The maximum absolute atomic E-state index is 12.9. The summed E-state index contributed by atoms with van der Waals surface area (Å²) >= 11 is 0. The van der Waals surface area contributed by atoms with E-state index in [1.807, 2.05) is 0 Å². The van der Waals surface area contributed by atoms with Crippen LogP contribution in [0.5, 0.6) is 11.5 Å². The van der Waals surface area contributed by atoms with Gasteiger partial charge in [0.1, 0.15) is 6.61 Å². The van der Waals surface area contributed by atoms with Crippen molar-refractivity contribution in [2.45, 2.75) is 17.7 Å². The first-order chi connectivity index (χ1) is 15.3. The van der Waals surface area contributed by atoms with Gasteiger partial charge in [-0.25, -0.2) is 13.2 Å². The average molecular weight is 464 g/mol. The number of benzene rings is 2. The number of carbonyl (C=O) groups is 2. The molecule has 3 rings (SSSR count). The molecule has 11 heteroatoms. The summed E-state index contributed by atoms with van der Waals surface area (Å²) in [6.45, 7) is 1.02. The van der Waals surface area contributed by atoms with E-state index in [1.54, 1.807) is 17.0 Å². The predicted molar refractivity (Wildman–Crippen MR) is 116 cm³/mol. The fourth-order valence-corrected chi connectivity index (χ4v) is 4.33. The molecule has 2 N–H and O–H groups in total. The fraction of sp³-hybridized carbons (Fsp3) is 0.333. The Kier molecular flexibility index (Phi) is 7.21. The van der Waals surface area contributed by atoms with Gasteiger partial charge in [0.05, 0.1) is 29.9 Å². The Morgan fingerprint density at radius 2 is 1.84 bits per heavy atom. The molecule has 10 nitrogen and oxygen atoms in total. The molecule has 1 aliphatic heterocycles. The van der Waals surface area contributed by atoms with E-state index in [9.17, 15) is 23.1 Å². The summed E-state index contributed by atoms with van der Waals surface area (Å²) in [5.41, 5.74) is 0.129. The van der Waals surface area contributed by atoms with Gasteiger partial charge in [0.25, 0.3) is 10.0 Å². The fourth-order valence-electron chi connectivity index (χ4n) is 3.26. The first kappa shape index (κ1) is 23.4.